The molecule has 2 N–H and O–H groups in total. The molecule has 2 heterocycles. The van der Waals surface area contributed by atoms with Crippen LogP contribution in [0.5, 0.6) is 0 Å². The molecule has 2 rings (SSSR count). The van der Waals surface area contributed by atoms with Crippen LogP contribution in [0.1, 0.15) is 22.2 Å². The van der Waals surface area contributed by atoms with Crippen LogP contribution in [-0.4, -0.2) is 12.6 Å². The van der Waals surface area contributed by atoms with Crippen LogP contribution < -0.4 is 5.73 Å². The number of thiophene rings is 2. The number of halogens is 1. The fraction of sp³-hybridized carbons (Fsp3) is 0.250. The van der Waals surface area contributed by atoms with Gasteiger partial charge in [0, 0.05) is 4.88 Å². The third kappa shape index (κ3) is 2.46. The summed E-state index contributed by atoms with van der Waals surface area (Å²) in [7, 11) is 0. The number of nitrogens with two attached hydrogens (primary N) is 1. The number of hydrogen-bond donors (Lipinski definition) is 1. The van der Waals surface area contributed by atoms with Gasteiger partial charge in [0.2, 0.25) is 0 Å². The first-order valence-corrected chi connectivity index (χ1v) is 7.78. The topological polar surface area (TPSA) is 52.3 Å². The Morgan fingerprint density at radius 2 is 2.17 bits per heavy atom. The predicted octanol–water partition coefficient (Wildman–Crippen LogP) is 4.31. The number of carbonyl (C=O) groups is 1. The molecule has 0 radical (unpaired) electrons. The Balaban J connectivity index is 2.45. The lowest BCUT2D eigenvalue weighted by Crippen LogP contribution is -2.05. The lowest BCUT2D eigenvalue weighted by molar-refractivity contribution is 0.0533. The summed E-state index contributed by atoms with van der Waals surface area (Å²) < 4.78 is 6.06. The molecule has 0 fully saturated rings. The van der Waals surface area contributed by atoms with Crippen LogP contribution in [0.3, 0.4) is 0 Å². The maximum atomic E-state index is 11.8. The van der Waals surface area contributed by atoms with Crippen LogP contribution in [0.2, 0.25) is 0 Å². The van der Waals surface area contributed by atoms with E-state index in [-0.39, 0.29) is 5.97 Å². The van der Waals surface area contributed by atoms with Gasteiger partial charge in [-0.15, -0.1) is 22.7 Å². The monoisotopic (exact) mass is 345 g/mol. The molecule has 18 heavy (non-hydrogen) atoms. The molecular weight excluding hydrogens is 334 g/mol. The zero-order chi connectivity index (χ0) is 13.3. The van der Waals surface area contributed by atoms with Gasteiger partial charge in [0.1, 0.15) is 4.88 Å². The van der Waals surface area contributed by atoms with Crippen molar-refractivity contribution in [1.29, 1.82) is 0 Å². The third-order valence-electron chi connectivity index (χ3n) is 2.45. The van der Waals surface area contributed by atoms with Crippen LogP contribution in [0.25, 0.3) is 9.75 Å². The van der Waals surface area contributed by atoms with E-state index in [4.69, 9.17) is 10.5 Å². The Morgan fingerprint density at radius 3 is 2.72 bits per heavy atom. The van der Waals surface area contributed by atoms with Gasteiger partial charge in [-0.1, -0.05) is 0 Å². The summed E-state index contributed by atoms with van der Waals surface area (Å²) in [5, 5.41) is 0. The van der Waals surface area contributed by atoms with E-state index < -0.39 is 0 Å². The average Bonchev–Trinajstić information content (AvgIpc) is 2.86. The Kier molecular flexibility index (Phi) is 4.09. The lowest BCUT2D eigenvalue weighted by atomic mass is 10.2. The van der Waals surface area contributed by atoms with Crippen molar-refractivity contribution < 1.29 is 9.53 Å². The highest BCUT2D eigenvalue weighted by Crippen LogP contribution is 2.42. The maximum absolute atomic E-state index is 11.8. The molecule has 0 bridgehead atoms. The molecule has 0 aliphatic rings. The maximum Gasteiger partial charge on any atom is 0.350 e. The predicted molar refractivity (Wildman–Crippen MR) is 80.4 cm³/mol. The molecule has 0 atom stereocenters. The van der Waals surface area contributed by atoms with E-state index in [0.29, 0.717) is 17.2 Å². The highest BCUT2D eigenvalue weighted by Gasteiger charge is 2.20. The zero-order valence-electron chi connectivity index (χ0n) is 9.95. The minimum absolute atomic E-state index is 0.343. The fourth-order valence-electron chi connectivity index (χ4n) is 1.55. The summed E-state index contributed by atoms with van der Waals surface area (Å²) in [5.41, 5.74) is 7.45. The Labute approximate surface area is 122 Å². The van der Waals surface area contributed by atoms with Crippen molar-refractivity contribution >= 4 is 50.3 Å². The molecule has 0 aliphatic heterocycles. The molecule has 0 saturated carbocycles. The quantitative estimate of drug-likeness (QED) is 0.843. The largest absolute Gasteiger partial charge is 0.462 e. The van der Waals surface area contributed by atoms with Gasteiger partial charge in [0.15, 0.2) is 0 Å². The number of esters is 1. The molecule has 6 heteroatoms. The standard InChI is InChI=1S/C12H12BrNO2S2/c1-3-16-12(15)11-9(14)6(2)10(18-11)7-4-5-8(13)17-7/h4-5H,3,14H2,1-2H3. The van der Waals surface area contributed by atoms with Gasteiger partial charge >= 0.3 is 5.97 Å². The Hall–Kier alpha value is -0.850. The minimum Gasteiger partial charge on any atom is -0.462 e. The molecule has 0 aliphatic carbocycles. The molecule has 3 nitrogen and oxygen atoms in total. The molecular formula is C12H12BrNO2S2. The van der Waals surface area contributed by atoms with Gasteiger partial charge < -0.3 is 10.5 Å². The summed E-state index contributed by atoms with van der Waals surface area (Å²) >= 11 is 6.45. The minimum atomic E-state index is -0.343. The number of ether oxygens (including phenoxy) is 1. The molecule has 96 valence electrons. The smallest absolute Gasteiger partial charge is 0.350 e. The van der Waals surface area contributed by atoms with Gasteiger partial charge in [-0.3, -0.25) is 0 Å². The number of rotatable bonds is 3. The zero-order valence-corrected chi connectivity index (χ0v) is 13.2. The normalized spacial score (nSPS) is 10.6. The van der Waals surface area contributed by atoms with Gasteiger partial charge in [-0.05, 0) is 47.5 Å². The number of anilines is 1. The van der Waals surface area contributed by atoms with Crippen molar-refractivity contribution in [3.8, 4) is 9.75 Å². The van der Waals surface area contributed by atoms with E-state index in [1.807, 2.05) is 19.1 Å². The first-order chi connectivity index (χ1) is 8.54. The molecule has 2 aromatic heterocycles. The van der Waals surface area contributed by atoms with Crippen LogP contribution in [0.15, 0.2) is 15.9 Å². The first kappa shape index (κ1) is 13.6. The van der Waals surface area contributed by atoms with E-state index in [9.17, 15) is 4.79 Å². The molecule has 0 aromatic carbocycles. The van der Waals surface area contributed by atoms with Crippen molar-refractivity contribution in [2.75, 3.05) is 12.3 Å². The SMILES string of the molecule is CCOC(=O)c1sc(-c2ccc(Br)s2)c(C)c1N. The second kappa shape index (κ2) is 5.42. The summed E-state index contributed by atoms with van der Waals surface area (Å²) in [5.74, 6) is -0.343. The number of carbonyl (C=O) groups excluding carboxylic acids is 1. The van der Waals surface area contributed by atoms with Crippen molar-refractivity contribution in [3.05, 3.63) is 26.4 Å². The highest BCUT2D eigenvalue weighted by atomic mass is 79.9. The van der Waals surface area contributed by atoms with Crippen molar-refractivity contribution in [3.63, 3.8) is 0 Å². The summed E-state index contributed by atoms with van der Waals surface area (Å²) in [4.78, 5) is 14.4. The molecule has 0 amide bonds. The summed E-state index contributed by atoms with van der Waals surface area (Å²) in [6.45, 7) is 4.07. The van der Waals surface area contributed by atoms with Crippen LogP contribution in [0.4, 0.5) is 5.69 Å². The number of hydrogen-bond acceptors (Lipinski definition) is 5. The van der Waals surface area contributed by atoms with E-state index >= 15 is 0 Å². The van der Waals surface area contributed by atoms with E-state index in [1.165, 1.54) is 11.3 Å². The van der Waals surface area contributed by atoms with E-state index in [1.54, 1.807) is 18.3 Å². The van der Waals surface area contributed by atoms with Crippen molar-refractivity contribution in [2.24, 2.45) is 0 Å². The van der Waals surface area contributed by atoms with Gasteiger partial charge in [0.25, 0.3) is 0 Å². The Bertz CT molecular complexity index is 589. The lowest BCUT2D eigenvalue weighted by Gasteiger charge is -1.99. The van der Waals surface area contributed by atoms with E-state index in [2.05, 4.69) is 15.9 Å². The van der Waals surface area contributed by atoms with Crippen LogP contribution >= 0.6 is 38.6 Å². The average molecular weight is 346 g/mol. The first-order valence-electron chi connectivity index (χ1n) is 5.36. The van der Waals surface area contributed by atoms with Gasteiger partial charge in [0.05, 0.1) is 21.0 Å². The molecule has 0 spiro atoms. The number of nitrogen functional groups attached to an aromatic ring is 1. The van der Waals surface area contributed by atoms with Crippen molar-refractivity contribution in [1.82, 2.24) is 0 Å². The van der Waals surface area contributed by atoms with Crippen LogP contribution in [0, 0.1) is 6.92 Å². The third-order valence-corrected chi connectivity index (χ3v) is 5.54. The second-order valence-electron chi connectivity index (χ2n) is 3.62. The Morgan fingerprint density at radius 1 is 1.44 bits per heavy atom. The van der Waals surface area contributed by atoms with Crippen LogP contribution in [-0.2, 0) is 4.74 Å². The summed E-state index contributed by atoms with van der Waals surface area (Å²) in [6, 6.07) is 4.00. The molecule has 0 unspecified atom stereocenters. The van der Waals surface area contributed by atoms with Gasteiger partial charge in [-0.25, -0.2) is 4.79 Å². The van der Waals surface area contributed by atoms with Gasteiger partial charge in [-0.2, -0.15) is 0 Å². The molecule has 0 saturated heterocycles. The van der Waals surface area contributed by atoms with Crippen molar-refractivity contribution in [2.45, 2.75) is 13.8 Å². The fourth-order valence-corrected chi connectivity index (χ4v) is 4.22. The summed E-state index contributed by atoms with van der Waals surface area (Å²) in [6.07, 6.45) is 0. The highest BCUT2D eigenvalue weighted by molar-refractivity contribution is 9.11. The second-order valence-corrected chi connectivity index (χ2v) is 7.11. The van der Waals surface area contributed by atoms with E-state index in [0.717, 1.165) is 19.1 Å². The molecule has 2 aromatic rings.